The number of nitrogens with one attached hydrogen (secondary N) is 1. The molecule has 0 saturated carbocycles. The van der Waals surface area contributed by atoms with E-state index in [-0.39, 0.29) is 28.7 Å². The van der Waals surface area contributed by atoms with Gasteiger partial charge in [0.2, 0.25) is 5.89 Å². The minimum Gasteiger partial charge on any atom is -0.398 e. The number of carbonyl (C=O) groups excluding carboxylic acids is 1. The maximum absolute atomic E-state index is 12.4. The second-order valence-electron chi connectivity index (χ2n) is 5.40. The van der Waals surface area contributed by atoms with Crippen molar-refractivity contribution in [2.45, 2.75) is 26.8 Å². The molecule has 1 aromatic heterocycles. The number of nitro groups is 1. The van der Waals surface area contributed by atoms with Gasteiger partial charge in [-0.15, -0.1) is 0 Å². The van der Waals surface area contributed by atoms with E-state index in [0.29, 0.717) is 5.82 Å². The van der Waals surface area contributed by atoms with Gasteiger partial charge >= 0.3 is 0 Å². The van der Waals surface area contributed by atoms with E-state index in [0.717, 1.165) is 6.07 Å². The molecule has 0 bridgehead atoms. The van der Waals surface area contributed by atoms with Crippen molar-refractivity contribution in [2.24, 2.45) is 5.92 Å². The Labute approximate surface area is 132 Å². The number of nitrogens with zero attached hydrogens (tertiary/aromatic N) is 3. The summed E-state index contributed by atoms with van der Waals surface area (Å²) in [5.74, 6) is 0.157. The molecule has 2 aromatic rings. The Balaban J connectivity index is 2.29. The van der Waals surface area contributed by atoms with Gasteiger partial charge in [0.05, 0.1) is 10.5 Å². The lowest BCUT2D eigenvalue weighted by molar-refractivity contribution is -0.384. The predicted molar refractivity (Wildman–Crippen MR) is 81.6 cm³/mol. The molecule has 1 aromatic carbocycles. The van der Waals surface area contributed by atoms with Crippen molar-refractivity contribution in [3.63, 3.8) is 0 Å². The molecule has 1 heterocycles. The van der Waals surface area contributed by atoms with Crippen LogP contribution in [0.1, 0.15) is 42.0 Å². The summed E-state index contributed by atoms with van der Waals surface area (Å²) >= 11 is 0. The van der Waals surface area contributed by atoms with Crippen molar-refractivity contribution in [2.75, 3.05) is 5.73 Å². The van der Waals surface area contributed by atoms with E-state index in [1.807, 2.05) is 13.8 Å². The van der Waals surface area contributed by atoms with Gasteiger partial charge < -0.3 is 15.6 Å². The van der Waals surface area contributed by atoms with Crippen molar-refractivity contribution < 1.29 is 14.2 Å². The molecule has 1 atom stereocenters. The number of rotatable bonds is 5. The Morgan fingerprint density at radius 3 is 2.65 bits per heavy atom. The van der Waals surface area contributed by atoms with Crippen molar-refractivity contribution in [1.82, 2.24) is 15.5 Å². The zero-order chi connectivity index (χ0) is 17.1. The van der Waals surface area contributed by atoms with Crippen LogP contribution in [0.3, 0.4) is 0 Å². The van der Waals surface area contributed by atoms with Gasteiger partial charge in [0.25, 0.3) is 11.6 Å². The summed E-state index contributed by atoms with van der Waals surface area (Å²) in [6.07, 6.45) is 0. The van der Waals surface area contributed by atoms with Crippen LogP contribution in [0, 0.1) is 23.0 Å². The number of hydrogen-bond acceptors (Lipinski definition) is 7. The number of carbonyl (C=O) groups is 1. The van der Waals surface area contributed by atoms with E-state index in [4.69, 9.17) is 10.3 Å². The molecule has 0 unspecified atom stereocenters. The average Bonchev–Trinajstić information content (AvgIpc) is 2.90. The lowest BCUT2D eigenvalue weighted by Gasteiger charge is -2.19. The fraction of sp³-hybridized carbons (Fsp3) is 0.357. The SMILES string of the molecule is Cc1noc([C@H](NC(=O)c2cc([N+](=O)[O-])ccc2N)C(C)C)n1. The first-order chi connectivity index (χ1) is 10.8. The topological polar surface area (TPSA) is 137 Å². The van der Waals surface area contributed by atoms with Gasteiger partial charge in [-0.05, 0) is 18.9 Å². The number of anilines is 1. The Hall–Kier alpha value is -2.97. The van der Waals surface area contributed by atoms with Gasteiger partial charge in [0, 0.05) is 17.8 Å². The summed E-state index contributed by atoms with van der Waals surface area (Å²) in [5.41, 5.74) is 5.72. The van der Waals surface area contributed by atoms with Gasteiger partial charge in [0.1, 0.15) is 6.04 Å². The minimum absolute atomic E-state index is 0.0288. The van der Waals surface area contributed by atoms with Crippen LogP contribution in [0.2, 0.25) is 0 Å². The molecule has 0 aliphatic carbocycles. The highest BCUT2D eigenvalue weighted by Crippen LogP contribution is 2.23. The van der Waals surface area contributed by atoms with E-state index < -0.39 is 16.9 Å². The summed E-state index contributed by atoms with van der Waals surface area (Å²) in [5, 5.41) is 17.3. The smallest absolute Gasteiger partial charge is 0.270 e. The van der Waals surface area contributed by atoms with Gasteiger partial charge in [-0.25, -0.2) is 0 Å². The van der Waals surface area contributed by atoms with E-state index in [2.05, 4.69) is 15.5 Å². The van der Waals surface area contributed by atoms with E-state index >= 15 is 0 Å². The number of aromatic nitrogens is 2. The highest BCUT2D eigenvalue weighted by Gasteiger charge is 2.26. The van der Waals surface area contributed by atoms with Gasteiger partial charge in [-0.1, -0.05) is 19.0 Å². The first-order valence-electron chi connectivity index (χ1n) is 6.94. The third kappa shape index (κ3) is 3.62. The minimum atomic E-state index is -0.586. The number of hydrogen-bond donors (Lipinski definition) is 2. The third-order valence-electron chi connectivity index (χ3n) is 3.25. The summed E-state index contributed by atoms with van der Waals surface area (Å²) in [6, 6.07) is 3.19. The predicted octanol–water partition coefficient (Wildman–Crippen LogP) is 2.00. The van der Waals surface area contributed by atoms with Crippen molar-refractivity contribution in [3.8, 4) is 0 Å². The number of nitrogen functional groups attached to an aromatic ring is 1. The maximum Gasteiger partial charge on any atom is 0.270 e. The van der Waals surface area contributed by atoms with Gasteiger partial charge in [0.15, 0.2) is 5.82 Å². The normalized spacial score (nSPS) is 12.2. The second kappa shape index (κ2) is 6.42. The summed E-state index contributed by atoms with van der Waals surface area (Å²) in [4.78, 5) is 26.8. The number of nitro benzene ring substituents is 1. The molecule has 9 heteroatoms. The Morgan fingerprint density at radius 2 is 2.13 bits per heavy atom. The monoisotopic (exact) mass is 319 g/mol. The summed E-state index contributed by atoms with van der Waals surface area (Å²) < 4.78 is 5.10. The molecule has 1 amide bonds. The zero-order valence-corrected chi connectivity index (χ0v) is 12.9. The first-order valence-corrected chi connectivity index (χ1v) is 6.94. The van der Waals surface area contributed by atoms with E-state index in [1.165, 1.54) is 12.1 Å². The highest BCUT2D eigenvalue weighted by molar-refractivity contribution is 6.00. The van der Waals surface area contributed by atoms with Crippen LogP contribution in [0.15, 0.2) is 22.7 Å². The van der Waals surface area contributed by atoms with Crippen LogP contribution < -0.4 is 11.1 Å². The fourth-order valence-electron chi connectivity index (χ4n) is 2.03. The second-order valence-corrected chi connectivity index (χ2v) is 5.40. The molecule has 23 heavy (non-hydrogen) atoms. The molecular formula is C14H17N5O4. The average molecular weight is 319 g/mol. The third-order valence-corrected chi connectivity index (χ3v) is 3.25. The Morgan fingerprint density at radius 1 is 1.43 bits per heavy atom. The Bertz CT molecular complexity index is 741. The molecule has 122 valence electrons. The van der Waals surface area contributed by atoms with Crippen molar-refractivity contribution in [3.05, 3.63) is 45.6 Å². The van der Waals surface area contributed by atoms with Crippen molar-refractivity contribution in [1.29, 1.82) is 0 Å². The van der Waals surface area contributed by atoms with Crippen LogP contribution in [-0.2, 0) is 0 Å². The molecular weight excluding hydrogens is 302 g/mol. The van der Waals surface area contributed by atoms with Gasteiger partial charge in [-0.3, -0.25) is 14.9 Å². The molecule has 0 fully saturated rings. The maximum atomic E-state index is 12.4. The number of amides is 1. The standard InChI is InChI=1S/C14H17N5O4/c1-7(2)12(14-16-8(3)18-23-14)17-13(20)10-6-9(19(21)22)4-5-11(10)15/h4-7,12H,15H2,1-3H3,(H,17,20)/t12-/m1/s1. The molecule has 0 aliphatic heterocycles. The van der Waals surface area contributed by atoms with Crippen LogP contribution in [-0.4, -0.2) is 21.0 Å². The van der Waals surface area contributed by atoms with E-state index in [9.17, 15) is 14.9 Å². The Kier molecular flexibility index (Phi) is 4.58. The quantitative estimate of drug-likeness (QED) is 0.488. The number of aryl methyl sites for hydroxylation is 1. The first kappa shape index (κ1) is 16.4. The van der Waals surface area contributed by atoms with Crippen LogP contribution in [0.25, 0.3) is 0 Å². The molecule has 0 radical (unpaired) electrons. The molecule has 3 N–H and O–H groups in total. The summed E-state index contributed by atoms with van der Waals surface area (Å²) in [7, 11) is 0. The number of benzene rings is 1. The van der Waals surface area contributed by atoms with E-state index in [1.54, 1.807) is 6.92 Å². The van der Waals surface area contributed by atoms with Gasteiger partial charge in [-0.2, -0.15) is 4.98 Å². The van der Waals surface area contributed by atoms with Crippen LogP contribution in [0.5, 0.6) is 0 Å². The van der Waals surface area contributed by atoms with Crippen LogP contribution in [0.4, 0.5) is 11.4 Å². The molecule has 9 nitrogen and oxygen atoms in total. The molecule has 0 aliphatic rings. The number of nitrogens with two attached hydrogens (primary N) is 1. The van der Waals surface area contributed by atoms with Crippen molar-refractivity contribution >= 4 is 17.3 Å². The zero-order valence-electron chi connectivity index (χ0n) is 12.9. The molecule has 0 saturated heterocycles. The largest absolute Gasteiger partial charge is 0.398 e. The molecule has 0 spiro atoms. The lowest BCUT2D eigenvalue weighted by Crippen LogP contribution is -2.32. The van der Waals surface area contributed by atoms with Crippen LogP contribution >= 0.6 is 0 Å². The number of non-ortho nitro benzene ring substituents is 1. The molecule has 2 rings (SSSR count). The fourth-order valence-corrected chi connectivity index (χ4v) is 2.03. The summed E-state index contributed by atoms with van der Waals surface area (Å²) in [6.45, 7) is 5.42. The lowest BCUT2D eigenvalue weighted by atomic mass is 10.0. The highest BCUT2D eigenvalue weighted by atomic mass is 16.6.